The van der Waals surface area contributed by atoms with Crippen LogP contribution in [0, 0.1) is 0 Å². The van der Waals surface area contributed by atoms with Gasteiger partial charge in [-0.05, 0) is 64.7 Å². The second kappa shape index (κ2) is 10.3. The first-order valence-corrected chi connectivity index (χ1v) is 17.6. The van der Waals surface area contributed by atoms with E-state index in [2.05, 4.69) is 175 Å². The Labute approximate surface area is 294 Å². The lowest BCUT2D eigenvalue weighted by atomic mass is 9.82. The standard InChI is InChI=1S/C47H32N4/c1-47(2)36-20-10-6-16-31(36)32-25-24-30(28-37(32)47)50-39-22-12-8-18-34(39)43-41(50)26-27-42-44(43)35-19-9-13-23-40(35)51(42)46-48-38-21-11-7-17-33(38)45(49-46)29-14-4-3-5-15-29/h3-28H,1-2H3. The number of hydrogen-bond donors (Lipinski definition) is 0. The van der Waals surface area contributed by atoms with Gasteiger partial charge in [-0.2, -0.15) is 0 Å². The summed E-state index contributed by atoms with van der Waals surface area (Å²) in [4.78, 5) is 10.5. The number of para-hydroxylation sites is 3. The van der Waals surface area contributed by atoms with Crippen molar-refractivity contribution in [3.8, 4) is 34.0 Å². The van der Waals surface area contributed by atoms with E-state index in [0.717, 1.165) is 33.2 Å². The first kappa shape index (κ1) is 28.3. The van der Waals surface area contributed by atoms with E-state index in [4.69, 9.17) is 9.97 Å². The minimum Gasteiger partial charge on any atom is -0.309 e. The fourth-order valence-electron chi connectivity index (χ4n) is 8.82. The maximum Gasteiger partial charge on any atom is 0.235 e. The van der Waals surface area contributed by atoms with Gasteiger partial charge < -0.3 is 4.57 Å². The van der Waals surface area contributed by atoms with E-state index < -0.39 is 0 Å². The molecule has 3 aromatic heterocycles. The summed E-state index contributed by atoms with van der Waals surface area (Å²) < 4.78 is 4.71. The van der Waals surface area contributed by atoms with Crippen molar-refractivity contribution < 1.29 is 0 Å². The number of fused-ring (bicyclic) bond motifs is 11. The SMILES string of the molecule is CC1(C)c2ccccc2-c2ccc(-n3c4ccccc4c4c5c6ccccc6n(-c6nc(-c7ccccc7)c7ccccc7n6)c5ccc43)cc21. The van der Waals surface area contributed by atoms with E-state index in [1.165, 1.54) is 60.5 Å². The van der Waals surface area contributed by atoms with Gasteiger partial charge in [0.15, 0.2) is 0 Å². The second-order valence-electron chi connectivity index (χ2n) is 14.2. The maximum absolute atomic E-state index is 5.32. The number of nitrogens with zero attached hydrogens (tertiary/aromatic N) is 4. The summed E-state index contributed by atoms with van der Waals surface area (Å²) in [7, 11) is 0. The molecule has 0 spiro atoms. The molecule has 0 radical (unpaired) electrons. The molecule has 7 aromatic carbocycles. The Balaban J connectivity index is 1.22. The third-order valence-corrected chi connectivity index (χ3v) is 11.1. The summed E-state index contributed by atoms with van der Waals surface area (Å²) in [5.41, 5.74) is 14.0. The molecule has 4 heteroatoms. The predicted octanol–water partition coefficient (Wildman–Crippen LogP) is 11.8. The summed E-state index contributed by atoms with van der Waals surface area (Å²) in [5, 5.41) is 5.91. The van der Waals surface area contributed by atoms with Crippen molar-refractivity contribution in [2.45, 2.75) is 19.3 Å². The Bertz CT molecular complexity index is 3050. The third-order valence-electron chi connectivity index (χ3n) is 11.1. The molecular weight excluding hydrogens is 621 g/mol. The van der Waals surface area contributed by atoms with Gasteiger partial charge in [0.1, 0.15) is 0 Å². The molecule has 0 N–H and O–H groups in total. The zero-order valence-electron chi connectivity index (χ0n) is 28.3. The molecule has 0 saturated heterocycles. The molecule has 240 valence electrons. The van der Waals surface area contributed by atoms with Crippen molar-refractivity contribution in [3.63, 3.8) is 0 Å². The average Bonchev–Trinajstić information content (AvgIpc) is 3.78. The Morgan fingerprint density at radius 3 is 1.80 bits per heavy atom. The molecule has 0 unspecified atom stereocenters. The highest BCUT2D eigenvalue weighted by Crippen LogP contribution is 2.50. The molecule has 4 nitrogen and oxygen atoms in total. The van der Waals surface area contributed by atoms with Crippen molar-refractivity contribution in [1.29, 1.82) is 0 Å². The van der Waals surface area contributed by atoms with E-state index in [0.29, 0.717) is 5.95 Å². The van der Waals surface area contributed by atoms with Gasteiger partial charge in [0.25, 0.3) is 0 Å². The Hall–Kier alpha value is -6.52. The lowest BCUT2D eigenvalue weighted by Crippen LogP contribution is -2.15. The van der Waals surface area contributed by atoms with Crippen molar-refractivity contribution in [3.05, 3.63) is 169 Å². The fraction of sp³-hybridized carbons (Fsp3) is 0.0638. The number of rotatable bonds is 3. The van der Waals surface area contributed by atoms with Crippen LogP contribution in [0.3, 0.4) is 0 Å². The van der Waals surface area contributed by atoms with Gasteiger partial charge in [-0.3, -0.25) is 4.57 Å². The first-order valence-electron chi connectivity index (χ1n) is 17.6. The van der Waals surface area contributed by atoms with Crippen LogP contribution in [0.15, 0.2) is 158 Å². The van der Waals surface area contributed by atoms with Crippen LogP contribution in [0.4, 0.5) is 0 Å². The van der Waals surface area contributed by atoms with E-state index >= 15 is 0 Å². The first-order chi connectivity index (χ1) is 25.1. The molecule has 3 heterocycles. The molecule has 0 bridgehead atoms. The smallest absolute Gasteiger partial charge is 0.235 e. The van der Waals surface area contributed by atoms with Crippen LogP contribution in [-0.4, -0.2) is 19.1 Å². The topological polar surface area (TPSA) is 35.6 Å². The largest absolute Gasteiger partial charge is 0.309 e. The Kier molecular flexibility index (Phi) is 5.70. The van der Waals surface area contributed by atoms with Crippen LogP contribution in [0.2, 0.25) is 0 Å². The lowest BCUT2D eigenvalue weighted by Gasteiger charge is -2.22. The van der Waals surface area contributed by atoms with Gasteiger partial charge in [0.2, 0.25) is 5.95 Å². The Morgan fingerprint density at radius 2 is 1.04 bits per heavy atom. The molecular formula is C47H32N4. The van der Waals surface area contributed by atoms with Gasteiger partial charge in [-0.25, -0.2) is 9.97 Å². The van der Waals surface area contributed by atoms with E-state index in [-0.39, 0.29) is 5.41 Å². The zero-order valence-corrected chi connectivity index (χ0v) is 28.3. The molecule has 10 aromatic rings. The molecule has 0 fully saturated rings. The minimum absolute atomic E-state index is 0.0835. The Morgan fingerprint density at radius 1 is 0.451 bits per heavy atom. The molecule has 51 heavy (non-hydrogen) atoms. The molecule has 1 aliphatic rings. The molecule has 0 atom stereocenters. The molecule has 0 saturated carbocycles. The quantitative estimate of drug-likeness (QED) is 0.190. The van der Waals surface area contributed by atoms with Crippen LogP contribution in [0.1, 0.15) is 25.0 Å². The second-order valence-corrected chi connectivity index (χ2v) is 14.2. The highest BCUT2D eigenvalue weighted by atomic mass is 15.2. The van der Waals surface area contributed by atoms with E-state index in [9.17, 15) is 0 Å². The van der Waals surface area contributed by atoms with Crippen molar-refractivity contribution in [2.24, 2.45) is 0 Å². The van der Waals surface area contributed by atoms with Gasteiger partial charge in [-0.1, -0.05) is 129 Å². The minimum atomic E-state index is -0.0835. The van der Waals surface area contributed by atoms with Crippen molar-refractivity contribution in [1.82, 2.24) is 19.1 Å². The van der Waals surface area contributed by atoms with Gasteiger partial charge >= 0.3 is 0 Å². The van der Waals surface area contributed by atoms with Crippen LogP contribution in [-0.2, 0) is 5.41 Å². The molecule has 0 aliphatic heterocycles. The van der Waals surface area contributed by atoms with Crippen molar-refractivity contribution in [2.75, 3.05) is 0 Å². The number of benzene rings is 7. The zero-order chi connectivity index (χ0) is 33.8. The summed E-state index contributed by atoms with van der Waals surface area (Å²) in [6.45, 7) is 4.70. The van der Waals surface area contributed by atoms with Gasteiger partial charge in [-0.15, -0.1) is 0 Å². The van der Waals surface area contributed by atoms with E-state index in [1.807, 2.05) is 6.07 Å². The van der Waals surface area contributed by atoms with Crippen LogP contribution < -0.4 is 0 Å². The normalized spacial score (nSPS) is 13.5. The predicted molar refractivity (Wildman–Crippen MR) is 211 cm³/mol. The third kappa shape index (κ3) is 3.85. The summed E-state index contributed by atoms with van der Waals surface area (Å²) in [6, 6.07) is 56.7. The fourth-order valence-corrected chi connectivity index (χ4v) is 8.82. The molecule has 1 aliphatic carbocycles. The maximum atomic E-state index is 5.32. The van der Waals surface area contributed by atoms with E-state index in [1.54, 1.807) is 0 Å². The highest BCUT2D eigenvalue weighted by Gasteiger charge is 2.35. The van der Waals surface area contributed by atoms with Crippen LogP contribution >= 0.6 is 0 Å². The van der Waals surface area contributed by atoms with Crippen LogP contribution in [0.25, 0.3) is 88.5 Å². The average molecular weight is 653 g/mol. The summed E-state index contributed by atoms with van der Waals surface area (Å²) in [5.74, 6) is 0.669. The van der Waals surface area contributed by atoms with Crippen molar-refractivity contribution >= 4 is 54.5 Å². The molecule has 11 rings (SSSR count). The lowest BCUT2D eigenvalue weighted by molar-refractivity contribution is 0.660. The molecule has 0 amide bonds. The number of aromatic nitrogens is 4. The number of hydrogen-bond acceptors (Lipinski definition) is 2. The monoisotopic (exact) mass is 652 g/mol. The summed E-state index contributed by atoms with van der Waals surface area (Å²) in [6.07, 6.45) is 0. The van der Waals surface area contributed by atoms with Gasteiger partial charge in [0.05, 0.1) is 33.3 Å². The summed E-state index contributed by atoms with van der Waals surface area (Å²) >= 11 is 0. The van der Waals surface area contributed by atoms with Crippen LogP contribution in [0.5, 0.6) is 0 Å². The highest BCUT2D eigenvalue weighted by molar-refractivity contribution is 6.28. The van der Waals surface area contributed by atoms with Gasteiger partial charge in [0, 0.05) is 43.6 Å².